The first-order chi connectivity index (χ1) is 7.49. The Hall–Kier alpha value is -0.910. The number of nitrogens with zero attached hydrogens (tertiary/aromatic N) is 2. The SMILES string of the molecule is CN(C)C1=N[C@@H]2C(O)CC(C(F)F)C[C@@H]2O1. The minimum absolute atomic E-state index is 0.104. The fraction of sp³-hybridized carbons (Fsp3) is 0.900. The molecule has 1 fully saturated rings. The van der Waals surface area contributed by atoms with E-state index < -0.39 is 24.6 Å². The molecule has 0 aromatic carbocycles. The van der Waals surface area contributed by atoms with Crippen molar-refractivity contribution >= 4 is 6.02 Å². The quantitative estimate of drug-likeness (QED) is 0.726. The molecule has 6 heteroatoms. The van der Waals surface area contributed by atoms with Crippen LogP contribution < -0.4 is 0 Å². The fourth-order valence-electron chi connectivity index (χ4n) is 2.24. The molecule has 0 spiro atoms. The Morgan fingerprint density at radius 3 is 2.69 bits per heavy atom. The molecule has 0 amide bonds. The predicted molar refractivity (Wildman–Crippen MR) is 54.5 cm³/mol. The van der Waals surface area contributed by atoms with Crippen LogP contribution in [0.15, 0.2) is 4.99 Å². The fourth-order valence-corrected chi connectivity index (χ4v) is 2.24. The van der Waals surface area contributed by atoms with Gasteiger partial charge in [-0.25, -0.2) is 13.8 Å². The van der Waals surface area contributed by atoms with Gasteiger partial charge in [0.15, 0.2) is 0 Å². The van der Waals surface area contributed by atoms with Crippen LogP contribution in [0.3, 0.4) is 0 Å². The van der Waals surface area contributed by atoms with Gasteiger partial charge in [0.05, 0.1) is 6.10 Å². The molecule has 0 aromatic heterocycles. The molecule has 4 atom stereocenters. The third-order valence-corrected chi connectivity index (χ3v) is 3.11. The van der Waals surface area contributed by atoms with E-state index in [2.05, 4.69) is 4.99 Å². The van der Waals surface area contributed by atoms with Crippen molar-refractivity contribution in [2.45, 2.75) is 37.5 Å². The standard InChI is InChI=1S/C10H16F2N2O2/c1-14(2)10-13-8-6(15)3-5(9(11)12)4-7(8)16-10/h5-9,15H,3-4H2,1-2H3/t5?,6?,7-,8+/m0/s1. The van der Waals surface area contributed by atoms with Crippen LogP contribution in [-0.2, 0) is 4.74 Å². The van der Waals surface area contributed by atoms with E-state index in [1.165, 1.54) is 0 Å². The van der Waals surface area contributed by atoms with E-state index >= 15 is 0 Å². The normalized spacial score (nSPS) is 38.0. The summed E-state index contributed by atoms with van der Waals surface area (Å²) in [6.45, 7) is 0. The lowest BCUT2D eigenvalue weighted by atomic mass is 9.82. The molecule has 4 nitrogen and oxygen atoms in total. The van der Waals surface area contributed by atoms with E-state index in [0.717, 1.165) is 0 Å². The third kappa shape index (κ3) is 1.98. The number of aliphatic imine (C=N–C) groups is 1. The van der Waals surface area contributed by atoms with Crippen molar-refractivity contribution < 1.29 is 18.6 Å². The first-order valence-corrected chi connectivity index (χ1v) is 5.37. The Labute approximate surface area is 92.9 Å². The van der Waals surface area contributed by atoms with Crippen molar-refractivity contribution in [1.82, 2.24) is 4.90 Å². The summed E-state index contributed by atoms with van der Waals surface area (Å²) in [6.07, 6.45) is -3.26. The van der Waals surface area contributed by atoms with Gasteiger partial charge in [-0.3, -0.25) is 0 Å². The lowest BCUT2D eigenvalue weighted by molar-refractivity contribution is -0.0377. The largest absolute Gasteiger partial charge is 0.459 e. The van der Waals surface area contributed by atoms with E-state index in [9.17, 15) is 13.9 Å². The van der Waals surface area contributed by atoms with Crippen LogP contribution in [0.1, 0.15) is 12.8 Å². The van der Waals surface area contributed by atoms with Crippen LogP contribution in [0.2, 0.25) is 0 Å². The minimum atomic E-state index is -2.40. The zero-order valence-corrected chi connectivity index (χ0v) is 9.31. The highest BCUT2D eigenvalue weighted by atomic mass is 19.3. The predicted octanol–water partition coefficient (Wildman–Crippen LogP) is 0.707. The van der Waals surface area contributed by atoms with Gasteiger partial charge in [-0.1, -0.05) is 0 Å². The zero-order valence-electron chi connectivity index (χ0n) is 9.31. The van der Waals surface area contributed by atoms with Crippen molar-refractivity contribution in [2.75, 3.05) is 14.1 Å². The van der Waals surface area contributed by atoms with Gasteiger partial charge in [0.25, 0.3) is 6.02 Å². The molecule has 0 aromatic rings. The van der Waals surface area contributed by atoms with Crippen LogP contribution in [0, 0.1) is 5.92 Å². The number of fused-ring (bicyclic) bond motifs is 1. The topological polar surface area (TPSA) is 45.1 Å². The maximum absolute atomic E-state index is 12.6. The van der Waals surface area contributed by atoms with Gasteiger partial charge < -0.3 is 14.7 Å². The molecule has 2 unspecified atom stereocenters. The smallest absolute Gasteiger partial charge is 0.287 e. The number of hydrogen-bond acceptors (Lipinski definition) is 4. The maximum atomic E-state index is 12.6. The molecule has 2 aliphatic rings. The van der Waals surface area contributed by atoms with E-state index in [0.29, 0.717) is 6.02 Å². The molecule has 2 rings (SSSR count). The summed E-state index contributed by atoms with van der Waals surface area (Å²) in [5, 5.41) is 9.76. The lowest BCUT2D eigenvalue weighted by Gasteiger charge is -2.32. The molecule has 92 valence electrons. The van der Waals surface area contributed by atoms with E-state index in [1.54, 1.807) is 19.0 Å². The second-order valence-electron chi connectivity index (χ2n) is 4.59. The summed E-state index contributed by atoms with van der Waals surface area (Å²) in [7, 11) is 3.54. The number of halogens is 2. The highest BCUT2D eigenvalue weighted by Crippen LogP contribution is 2.35. The number of aliphatic hydroxyl groups is 1. The van der Waals surface area contributed by atoms with E-state index in [-0.39, 0.29) is 18.9 Å². The molecule has 1 N–H and O–H groups in total. The molecule has 1 heterocycles. The second kappa shape index (κ2) is 4.16. The van der Waals surface area contributed by atoms with Crippen molar-refractivity contribution in [2.24, 2.45) is 10.9 Å². The number of amidine groups is 1. The molecule has 1 aliphatic heterocycles. The molecular weight excluding hydrogens is 218 g/mol. The first kappa shape index (κ1) is 11.6. The summed E-state index contributed by atoms with van der Waals surface area (Å²) in [5.41, 5.74) is 0. The Morgan fingerprint density at radius 2 is 2.12 bits per heavy atom. The number of ether oxygens (including phenoxy) is 1. The molecule has 1 aliphatic carbocycles. The van der Waals surface area contributed by atoms with Crippen LogP contribution in [0.4, 0.5) is 8.78 Å². The summed E-state index contributed by atoms with van der Waals surface area (Å²) in [6, 6.07) is 0.0383. The Bertz CT molecular complexity index is 297. The summed E-state index contributed by atoms with van der Waals surface area (Å²) >= 11 is 0. The van der Waals surface area contributed by atoms with Crippen molar-refractivity contribution in [3.8, 4) is 0 Å². The highest BCUT2D eigenvalue weighted by molar-refractivity contribution is 5.75. The molecule has 16 heavy (non-hydrogen) atoms. The maximum Gasteiger partial charge on any atom is 0.287 e. The van der Waals surface area contributed by atoms with Crippen LogP contribution in [0.5, 0.6) is 0 Å². The van der Waals surface area contributed by atoms with Crippen molar-refractivity contribution in [3.05, 3.63) is 0 Å². The van der Waals surface area contributed by atoms with Crippen LogP contribution in [-0.4, -0.2) is 54.8 Å². The molecule has 1 saturated carbocycles. The van der Waals surface area contributed by atoms with E-state index in [1.807, 2.05) is 0 Å². The van der Waals surface area contributed by atoms with Gasteiger partial charge in [-0.05, 0) is 12.8 Å². The van der Waals surface area contributed by atoms with Gasteiger partial charge in [-0.2, -0.15) is 0 Å². The average molecular weight is 234 g/mol. The van der Waals surface area contributed by atoms with Crippen molar-refractivity contribution in [1.29, 1.82) is 0 Å². The molecule has 0 saturated heterocycles. The molecule has 0 bridgehead atoms. The monoisotopic (exact) mass is 234 g/mol. The van der Waals surface area contributed by atoms with Gasteiger partial charge in [0.2, 0.25) is 6.43 Å². The Kier molecular flexibility index (Phi) is 3.01. The lowest BCUT2D eigenvalue weighted by Crippen LogP contribution is -2.43. The zero-order chi connectivity index (χ0) is 11.9. The Balaban J connectivity index is 2.07. The second-order valence-corrected chi connectivity index (χ2v) is 4.59. The summed E-state index contributed by atoms with van der Waals surface area (Å²) in [5.74, 6) is -0.784. The number of hydrogen-bond donors (Lipinski definition) is 1. The number of aliphatic hydroxyl groups excluding tert-OH is 1. The van der Waals surface area contributed by atoms with Crippen LogP contribution in [0.25, 0.3) is 0 Å². The molecule has 0 radical (unpaired) electrons. The first-order valence-electron chi connectivity index (χ1n) is 5.37. The van der Waals surface area contributed by atoms with E-state index in [4.69, 9.17) is 4.74 Å². The Morgan fingerprint density at radius 1 is 1.44 bits per heavy atom. The summed E-state index contributed by atoms with van der Waals surface area (Å²) < 4.78 is 30.6. The highest BCUT2D eigenvalue weighted by Gasteiger charge is 2.45. The molecular formula is C10H16F2N2O2. The minimum Gasteiger partial charge on any atom is -0.459 e. The van der Waals surface area contributed by atoms with Gasteiger partial charge >= 0.3 is 0 Å². The van der Waals surface area contributed by atoms with Gasteiger partial charge in [0.1, 0.15) is 12.1 Å². The number of rotatable bonds is 1. The summed E-state index contributed by atoms with van der Waals surface area (Å²) in [4.78, 5) is 5.89. The third-order valence-electron chi connectivity index (χ3n) is 3.11. The average Bonchev–Trinajstić information content (AvgIpc) is 2.61. The van der Waals surface area contributed by atoms with Gasteiger partial charge in [-0.15, -0.1) is 0 Å². The number of alkyl halides is 2. The van der Waals surface area contributed by atoms with Crippen LogP contribution >= 0.6 is 0 Å². The van der Waals surface area contributed by atoms with Gasteiger partial charge in [0, 0.05) is 20.0 Å². The van der Waals surface area contributed by atoms with Crippen molar-refractivity contribution in [3.63, 3.8) is 0 Å².